The predicted octanol–water partition coefficient (Wildman–Crippen LogP) is 0.469. The number of hydrogen-bond acceptors (Lipinski definition) is 3. The second-order valence-electron chi connectivity index (χ2n) is 4.03. The van der Waals surface area contributed by atoms with E-state index in [-0.39, 0.29) is 6.54 Å². The summed E-state index contributed by atoms with van der Waals surface area (Å²) in [7, 11) is 1.92. The van der Waals surface area contributed by atoms with Gasteiger partial charge in [0.05, 0.1) is 18.6 Å². The molecule has 1 aromatic rings. The van der Waals surface area contributed by atoms with Crippen LogP contribution >= 0.6 is 0 Å². The number of rotatable bonds is 5. The van der Waals surface area contributed by atoms with Crippen LogP contribution in [0.5, 0.6) is 0 Å². The summed E-state index contributed by atoms with van der Waals surface area (Å²) < 4.78 is 1.93. The van der Waals surface area contributed by atoms with Crippen LogP contribution in [0.25, 0.3) is 0 Å². The molecular weight excluding hydrogens is 194 g/mol. The highest BCUT2D eigenvalue weighted by atomic mass is 16.4. The molecule has 0 aliphatic heterocycles. The molecule has 1 aliphatic carbocycles. The van der Waals surface area contributed by atoms with E-state index in [1.54, 1.807) is 12.5 Å². The van der Waals surface area contributed by atoms with Crippen LogP contribution in [-0.2, 0) is 18.4 Å². The normalized spacial score (nSPS) is 15.9. The van der Waals surface area contributed by atoms with E-state index in [9.17, 15) is 4.79 Å². The Morgan fingerprint density at radius 2 is 2.47 bits per heavy atom. The number of nitrogens with zero attached hydrogens (tertiary/aromatic N) is 3. The van der Waals surface area contributed by atoms with Gasteiger partial charge in [0.1, 0.15) is 0 Å². The van der Waals surface area contributed by atoms with Crippen molar-refractivity contribution in [3.63, 3.8) is 0 Å². The van der Waals surface area contributed by atoms with Crippen LogP contribution < -0.4 is 0 Å². The fraction of sp³-hybridized carbons (Fsp3) is 0.600. The van der Waals surface area contributed by atoms with Crippen molar-refractivity contribution in [1.29, 1.82) is 0 Å². The number of carboxylic acids is 1. The first-order valence-corrected chi connectivity index (χ1v) is 5.08. The molecule has 0 spiro atoms. The monoisotopic (exact) mass is 209 g/mol. The van der Waals surface area contributed by atoms with Gasteiger partial charge in [-0.1, -0.05) is 0 Å². The fourth-order valence-electron chi connectivity index (χ4n) is 1.67. The fourth-order valence-corrected chi connectivity index (χ4v) is 1.67. The van der Waals surface area contributed by atoms with Crippen LogP contribution in [0.3, 0.4) is 0 Å². The van der Waals surface area contributed by atoms with Crippen LogP contribution in [0.15, 0.2) is 12.5 Å². The van der Waals surface area contributed by atoms with Crippen molar-refractivity contribution in [3.05, 3.63) is 18.2 Å². The molecule has 15 heavy (non-hydrogen) atoms. The Bertz CT molecular complexity index is 357. The second-order valence-corrected chi connectivity index (χ2v) is 4.03. The van der Waals surface area contributed by atoms with Gasteiger partial charge in [-0.2, -0.15) is 0 Å². The minimum absolute atomic E-state index is 0.121. The molecule has 0 atom stereocenters. The average molecular weight is 209 g/mol. The van der Waals surface area contributed by atoms with Crippen molar-refractivity contribution < 1.29 is 9.90 Å². The van der Waals surface area contributed by atoms with Gasteiger partial charge in [-0.15, -0.1) is 0 Å². The first-order chi connectivity index (χ1) is 7.16. The largest absolute Gasteiger partial charge is 0.480 e. The van der Waals surface area contributed by atoms with Crippen LogP contribution in [-0.4, -0.2) is 38.1 Å². The van der Waals surface area contributed by atoms with Crippen molar-refractivity contribution in [1.82, 2.24) is 14.5 Å². The van der Waals surface area contributed by atoms with Gasteiger partial charge in [0.2, 0.25) is 0 Å². The van der Waals surface area contributed by atoms with Crippen LogP contribution in [0.1, 0.15) is 18.5 Å². The molecule has 82 valence electrons. The zero-order chi connectivity index (χ0) is 10.8. The zero-order valence-corrected chi connectivity index (χ0v) is 8.76. The molecule has 0 saturated heterocycles. The molecule has 0 amide bonds. The van der Waals surface area contributed by atoms with E-state index in [0.717, 1.165) is 18.5 Å². The van der Waals surface area contributed by atoms with Crippen LogP contribution in [0.4, 0.5) is 0 Å². The lowest BCUT2D eigenvalue weighted by Crippen LogP contribution is -2.31. The Morgan fingerprint density at radius 3 is 2.93 bits per heavy atom. The van der Waals surface area contributed by atoms with E-state index in [1.165, 1.54) is 0 Å². The third kappa shape index (κ3) is 2.56. The maximum Gasteiger partial charge on any atom is 0.317 e. The predicted molar refractivity (Wildman–Crippen MR) is 54.3 cm³/mol. The van der Waals surface area contributed by atoms with Crippen LogP contribution in [0.2, 0.25) is 0 Å². The van der Waals surface area contributed by atoms with Gasteiger partial charge in [0.15, 0.2) is 0 Å². The highest BCUT2D eigenvalue weighted by Gasteiger charge is 2.30. The van der Waals surface area contributed by atoms with Gasteiger partial charge in [-0.05, 0) is 12.8 Å². The van der Waals surface area contributed by atoms with Gasteiger partial charge < -0.3 is 9.67 Å². The minimum atomic E-state index is -0.760. The molecule has 1 heterocycles. The van der Waals surface area contributed by atoms with Gasteiger partial charge in [0.25, 0.3) is 0 Å². The van der Waals surface area contributed by atoms with Crippen molar-refractivity contribution in [2.75, 3.05) is 6.54 Å². The summed E-state index contributed by atoms with van der Waals surface area (Å²) in [6, 6.07) is 0.455. The third-order valence-corrected chi connectivity index (χ3v) is 2.68. The van der Waals surface area contributed by atoms with E-state index in [4.69, 9.17) is 5.11 Å². The number of imidazole rings is 1. The van der Waals surface area contributed by atoms with Crippen molar-refractivity contribution in [2.45, 2.75) is 25.4 Å². The molecule has 1 aromatic heterocycles. The number of aryl methyl sites for hydroxylation is 1. The van der Waals surface area contributed by atoms with Crippen molar-refractivity contribution in [2.24, 2.45) is 7.05 Å². The lowest BCUT2D eigenvalue weighted by Gasteiger charge is -2.19. The van der Waals surface area contributed by atoms with E-state index < -0.39 is 5.97 Å². The van der Waals surface area contributed by atoms with Gasteiger partial charge >= 0.3 is 5.97 Å². The Balaban J connectivity index is 2.00. The van der Waals surface area contributed by atoms with E-state index in [1.807, 2.05) is 16.5 Å². The van der Waals surface area contributed by atoms with Crippen LogP contribution in [0, 0.1) is 0 Å². The third-order valence-electron chi connectivity index (χ3n) is 2.68. The average Bonchev–Trinajstić information content (AvgIpc) is 2.92. The number of carbonyl (C=O) groups is 1. The minimum Gasteiger partial charge on any atom is -0.480 e. The van der Waals surface area contributed by atoms with Gasteiger partial charge in [-0.25, -0.2) is 4.98 Å². The van der Waals surface area contributed by atoms with E-state index in [2.05, 4.69) is 4.98 Å². The highest BCUT2D eigenvalue weighted by molar-refractivity contribution is 5.69. The van der Waals surface area contributed by atoms with Gasteiger partial charge in [0, 0.05) is 25.8 Å². The molecule has 0 unspecified atom stereocenters. The SMILES string of the molecule is Cn1cncc1CN(CC(=O)O)C1CC1. The topological polar surface area (TPSA) is 58.4 Å². The number of hydrogen-bond donors (Lipinski definition) is 1. The molecule has 1 saturated carbocycles. The summed E-state index contributed by atoms with van der Waals surface area (Å²) in [6.07, 6.45) is 5.76. The molecule has 0 radical (unpaired) electrons. The first-order valence-electron chi connectivity index (χ1n) is 5.08. The lowest BCUT2D eigenvalue weighted by atomic mass is 10.3. The first kappa shape index (κ1) is 10.2. The van der Waals surface area contributed by atoms with Gasteiger partial charge in [-0.3, -0.25) is 9.69 Å². The Labute approximate surface area is 88.3 Å². The summed E-state index contributed by atoms with van der Waals surface area (Å²) >= 11 is 0. The van der Waals surface area contributed by atoms with Crippen molar-refractivity contribution in [3.8, 4) is 0 Å². The Morgan fingerprint density at radius 1 is 1.73 bits per heavy atom. The lowest BCUT2D eigenvalue weighted by molar-refractivity contribution is -0.138. The quantitative estimate of drug-likeness (QED) is 0.765. The number of aliphatic carboxylic acids is 1. The number of aromatic nitrogens is 2. The smallest absolute Gasteiger partial charge is 0.317 e. The molecule has 0 aromatic carbocycles. The van der Waals surface area contributed by atoms with E-state index in [0.29, 0.717) is 12.6 Å². The molecule has 5 nitrogen and oxygen atoms in total. The molecule has 1 N–H and O–H groups in total. The summed E-state index contributed by atoms with van der Waals surface area (Å²) in [4.78, 5) is 16.7. The Hall–Kier alpha value is -1.36. The standard InChI is InChI=1S/C10H15N3O2/c1-12-7-11-4-9(12)5-13(6-10(14)15)8-2-3-8/h4,7-8H,2-3,5-6H2,1H3,(H,14,15). The Kier molecular flexibility index (Phi) is 2.73. The van der Waals surface area contributed by atoms with E-state index >= 15 is 0 Å². The summed E-state index contributed by atoms with van der Waals surface area (Å²) in [5.41, 5.74) is 1.06. The maximum atomic E-state index is 10.7. The molecule has 1 fully saturated rings. The maximum absolute atomic E-state index is 10.7. The van der Waals surface area contributed by atoms with Crippen molar-refractivity contribution >= 4 is 5.97 Å². The summed E-state index contributed by atoms with van der Waals surface area (Å²) in [5, 5.41) is 8.79. The molecular formula is C10H15N3O2. The molecule has 2 rings (SSSR count). The summed E-state index contributed by atoms with van der Waals surface area (Å²) in [6.45, 7) is 0.795. The zero-order valence-electron chi connectivity index (χ0n) is 8.76. The highest BCUT2D eigenvalue weighted by Crippen LogP contribution is 2.27. The molecule has 1 aliphatic rings. The second kappa shape index (κ2) is 4.02. The molecule has 5 heteroatoms. The number of carboxylic acid groups (broad SMARTS) is 1. The molecule has 0 bridgehead atoms. The summed E-state index contributed by atoms with van der Waals surface area (Å²) in [5.74, 6) is -0.760.